The van der Waals surface area contributed by atoms with Gasteiger partial charge in [-0.15, -0.1) is 0 Å². The van der Waals surface area contributed by atoms with Crippen LogP contribution in [0.25, 0.3) is 0 Å². The summed E-state index contributed by atoms with van der Waals surface area (Å²) >= 11 is 0. The van der Waals surface area contributed by atoms with E-state index in [0.29, 0.717) is 18.9 Å². The Bertz CT molecular complexity index is 593. The molecule has 0 unspecified atom stereocenters. The summed E-state index contributed by atoms with van der Waals surface area (Å²) in [7, 11) is 0. The summed E-state index contributed by atoms with van der Waals surface area (Å²) in [5, 5.41) is 3.04. The second-order valence-electron chi connectivity index (χ2n) is 7.88. The van der Waals surface area contributed by atoms with Crippen LogP contribution in [0.2, 0.25) is 0 Å². The number of hydrogen-bond donors (Lipinski definition) is 1. The third-order valence-corrected chi connectivity index (χ3v) is 5.95. The first-order chi connectivity index (χ1) is 12.1. The number of rotatable bonds is 6. The van der Waals surface area contributed by atoms with Gasteiger partial charge >= 0.3 is 0 Å². The van der Waals surface area contributed by atoms with Crippen molar-refractivity contribution in [2.75, 3.05) is 13.1 Å². The van der Waals surface area contributed by atoms with Crippen LogP contribution in [-0.2, 0) is 16.1 Å². The minimum absolute atomic E-state index is 0.0583. The Morgan fingerprint density at radius 3 is 2.56 bits per heavy atom. The SMILES string of the molecule is CC1(C(=O)CN2CCC[C@H]2C(=O)NCc2ccccc2)CCCCC1. The topological polar surface area (TPSA) is 49.4 Å². The van der Waals surface area contributed by atoms with Crippen molar-refractivity contribution >= 4 is 11.7 Å². The van der Waals surface area contributed by atoms with E-state index in [1.807, 2.05) is 30.3 Å². The van der Waals surface area contributed by atoms with Gasteiger partial charge in [0.1, 0.15) is 0 Å². The highest BCUT2D eigenvalue weighted by Gasteiger charge is 2.38. The van der Waals surface area contributed by atoms with Crippen LogP contribution in [0.4, 0.5) is 0 Å². The van der Waals surface area contributed by atoms with Gasteiger partial charge in [-0.1, -0.05) is 56.5 Å². The molecule has 1 aromatic rings. The first-order valence-electron chi connectivity index (χ1n) is 9.67. The predicted octanol–water partition coefficient (Wildman–Crippen LogP) is 3.31. The molecule has 1 heterocycles. The van der Waals surface area contributed by atoms with E-state index in [1.54, 1.807) is 0 Å². The van der Waals surface area contributed by atoms with E-state index in [9.17, 15) is 9.59 Å². The Balaban J connectivity index is 1.54. The van der Waals surface area contributed by atoms with E-state index < -0.39 is 0 Å². The third-order valence-electron chi connectivity index (χ3n) is 5.95. The molecule has 4 heteroatoms. The molecule has 4 nitrogen and oxygen atoms in total. The maximum absolute atomic E-state index is 12.8. The molecule has 1 aromatic carbocycles. The summed E-state index contributed by atoms with van der Waals surface area (Å²) in [6, 6.07) is 9.81. The molecule has 0 radical (unpaired) electrons. The van der Waals surface area contributed by atoms with Crippen molar-refractivity contribution in [3.63, 3.8) is 0 Å². The Labute approximate surface area is 151 Å². The number of nitrogens with one attached hydrogen (secondary N) is 1. The molecule has 3 rings (SSSR count). The molecule has 2 aliphatic rings. The lowest BCUT2D eigenvalue weighted by Crippen LogP contribution is -2.47. The van der Waals surface area contributed by atoms with Crippen LogP contribution < -0.4 is 5.32 Å². The van der Waals surface area contributed by atoms with Gasteiger partial charge in [0.25, 0.3) is 0 Å². The average molecular weight is 342 g/mol. The average Bonchev–Trinajstić information content (AvgIpc) is 3.09. The maximum Gasteiger partial charge on any atom is 0.237 e. The van der Waals surface area contributed by atoms with Crippen LogP contribution in [-0.4, -0.2) is 35.7 Å². The van der Waals surface area contributed by atoms with Crippen LogP contribution in [0.15, 0.2) is 30.3 Å². The van der Waals surface area contributed by atoms with E-state index in [1.165, 1.54) is 6.42 Å². The van der Waals surface area contributed by atoms with E-state index in [-0.39, 0.29) is 17.4 Å². The van der Waals surface area contributed by atoms with Gasteiger partial charge in [-0.3, -0.25) is 14.5 Å². The Morgan fingerprint density at radius 2 is 1.84 bits per heavy atom. The second kappa shape index (κ2) is 8.13. The van der Waals surface area contributed by atoms with Crippen LogP contribution in [0, 0.1) is 5.41 Å². The van der Waals surface area contributed by atoms with Gasteiger partial charge in [0, 0.05) is 12.0 Å². The number of hydrogen-bond acceptors (Lipinski definition) is 3. The zero-order valence-corrected chi connectivity index (χ0v) is 15.3. The van der Waals surface area contributed by atoms with Gasteiger partial charge in [0.05, 0.1) is 12.6 Å². The zero-order valence-electron chi connectivity index (χ0n) is 15.3. The van der Waals surface area contributed by atoms with E-state index in [2.05, 4.69) is 17.1 Å². The van der Waals surface area contributed by atoms with E-state index in [0.717, 1.165) is 50.6 Å². The number of Topliss-reactive ketones (excluding diaryl/α,β-unsaturated/α-hetero) is 1. The predicted molar refractivity (Wildman–Crippen MR) is 99.1 cm³/mol. The smallest absolute Gasteiger partial charge is 0.237 e. The molecule has 1 saturated carbocycles. The summed E-state index contributed by atoms with van der Waals surface area (Å²) in [5.74, 6) is 0.387. The number of benzene rings is 1. The fourth-order valence-electron chi connectivity index (χ4n) is 4.20. The molecule has 0 aromatic heterocycles. The summed E-state index contributed by atoms with van der Waals surface area (Å²) in [5.41, 5.74) is 0.928. The van der Waals surface area contributed by atoms with Crippen molar-refractivity contribution in [2.24, 2.45) is 5.41 Å². The molecule has 0 bridgehead atoms. The zero-order chi connectivity index (χ0) is 17.7. The molecule has 1 saturated heterocycles. The maximum atomic E-state index is 12.8. The first kappa shape index (κ1) is 18.1. The van der Waals surface area contributed by atoms with Crippen molar-refractivity contribution in [3.05, 3.63) is 35.9 Å². The molecular weight excluding hydrogens is 312 g/mol. The molecule has 2 fully saturated rings. The number of carbonyl (C=O) groups is 2. The lowest BCUT2D eigenvalue weighted by molar-refractivity contribution is -0.132. The van der Waals surface area contributed by atoms with Crippen molar-refractivity contribution in [2.45, 2.75) is 64.5 Å². The monoisotopic (exact) mass is 342 g/mol. The highest BCUT2D eigenvalue weighted by molar-refractivity contribution is 5.88. The minimum atomic E-state index is -0.175. The molecular formula is C21H30N2O2. The third kappa shape index (κ3) is 4.49. The molecule has 0 spiro atoms. The Hall–Kier alpha value is -1.68. The number of nitrogens with zero attached hydrogens (tertiary/aromatic N) is 1. The molecule has 1 N–H and O–H groups in total. The van der Waals surface area contributed by atoms with E-state index in [4.69, 9.17) is 0 Å². The fraction of sp³-hybridized carbons (Fsp3) is 0.619. The minimum Gasteiger partial charge on any atom is -0.351 e. The van der Waals surface area contributed by atoms with Gasteiger partial charge < -0.3 is 5.32 Å². The standard InChI is InChI=1S/C21H30N2O2/c1-21(12-6-3-7-13-21)19(24)16-23-14-8-11-18(23)20(25)22-15-17-9-4-2-5-10-17/h2,4-5,9-10,18H,3,6-8,11-16H2,1H3,(H,22,25)/t18-/m0/s1. The van der Waals surface area contributed by atoms with Crippen molar-refractivity contribution in [3.8, 4) is 0 Å². The van der Waals surface area contributed by atoms with Crippen molar-refractivity contribution in [1.82, 2.24) is 10.2 Å². The number of ketones is 1. The summed E-state index contributed by atoms with van der Waals surface area (Å²) in [6.45, 7) is 3.95. The molecule has 1 aliphatic heterocycles. The van der Waals surface area contributed by atoms with Crippen molar-refractivity contribution < 1.29 is 9.59 Å². The molecule has 1 atom stereocenters. The van der Waals surface area contributed by atoms with Gasteiger partial charge in [0.2, 0.25) is 5.91 Å². The highest BCUT2D eigenvalue weighted by atomic mass is 16.2. The van der Waals surface area contributed by atoms with Gasteiger partial charge in [0.15, 0.2) is 5.78 Å². The van der Waals surface area contributed by atoms with Crippen LogP contribution >= 0.6 is 0 Å². The summed E-state index contributed by atoms with van der Waals surface area (Å²) < 4.78 is 0. The molecule has 136 valence electrons. The molecule has 1 amide bonds. The molecule has 25 heavy (non-hydrogen) atoms. The lowest BCUT2D eigenvalue weighted by Gasteiger charge is -2.34. The Morgan fingerprint density at radius 1 is 1.12 bits per heavy atom. The van der Waals surface area contributed by atoms with Crippen molar-refractivity contribution in [1.29, 1.82) is 0 Å². The number of likely N-dealkylation sites (tertiary alicyclic amines) is 1. The van der Waals surface area contributed by atoms with Crippen LogP contribution in [0.3, 0.4) is 0 Å². The number of carbonyl (C=O) groups excluding carboxylic acids is 2. The Kier molecular flexibility index (Phi) is 5.89. The quantitative estimate of drug-likeness (QED) is 0.863. The fourth-order valence-corrected chi connectivity index (χ4v) is 4.20. The number of amides is 1. The normalized spacial score (nSPS) is 23.3. The van der Waals surface area contributed by atoms with Crippen LogP contribution in [0.1, 0.15) is 57.4 Å². The van der Waals surface area contributed by atoms with Gasteiger partial charge in [-0.25, -0.2) is 0 Å². The highest BCUT2D eigenvalue weighted by Crippen LogP contribution is 2.37. The first-order valence-corrected chi connectivity index (χ1v) is 9.67. The molecule has 1 aliphatic carbocycles. The second-order valence-corrected chi connectivity index (χ2v) is 7.88. The lowest BCUT2D eigenvalue weighted by atomic mass is 9.72. The van der Waals surface area contributed by atoms with E-state index >= 15 is 0 Å². The van der Waals surface area contributed by atoms with Crippen LogP contribution in [0.5, 0.6) is 0 Å². The van der Waals surface area contributed by atoms with Gasteiger partial charge in [-0.05, 0) is 37.8 Å². The summed E-state index contributed by atoms with van der Waals surface area (Å²) in [4.78, 5) is 27.6. The summed E-state index contributed by atoms with van der Waals surface area (Å²) in [6.07, 6.45) is 7.41. The van der Waals surface area contributed by atoms with Gasteiger partial charge in [-0.2, -0.15) is 0 Å². The largest absolute Gasteiger partial charge is 0.351 e.